The van der Waals surface area contributed by atoms with Crippen LogP contribution in [0.15, 0.2) is 54.6 Å². The topological polar surface area (TPSA) is 30.3 Å². The molecule has 142 valence electrons. The van der Waals surface area contributed by atoms with Gasteiger partial charge < -0.3 is 14.2 Å². The van der Waals surface area contributed by atoms with Gasteiger partial charge in [-0.25, -0.2) is 9.37 Å². The van der Waals surface area contributed by atoms with E-state index in [0.29, 0.717) is 25.3 Å². The number of nitrogens with zero attached hydrogens (tertiary/aromatic N) is 3. The van der Waals surface area contributed by atoms with Gasteiger partial charge in [-0.2, -0.15) is 0 Å². The van der Waals surface area contributed by atoms with Crippen molar-refractivity contribution in [1.29, 1.82) is 0 Å². The van der Waals surface area contributed by atoms with Crippen LogP contribution in [0.4, 0.5) is 10.1 Å². The molecular formula is C23H22FN3O. The number of hydrogen-bond acceptors (Lipinski definition) is 3. The van der Waals surface area contributed by atoms with Crippen molar-refractivity contribution in [1.82, 2.24) is 9.55 Å². The Labute approximate surface area is 163 Å². The fourth-order valence-electron chi connectivity index (χ4n) is 4.09. The number of fused-ring (bicyclic) bond motifs is 2. The van der Waals surface area contributed by atoms with Gasteiger partial charge in [0.2, 0.25) is 0 Å². The average Bonchev–Trinajstić information content (AvgIpc) is 3.05. The Balaban J connectivity index is 1.62. The lowest BCUT2D eigenvalue weighted by Gasteiger charge is -2.29. The molecule has 4 aromatic rings. The molecule has 0 amide bonds. The quantitative estimate of drug-likeness (QED) is 0.527. The molecular weight excluding hydrogens is 353 g/mol. The number of hydrogen-bond donors (Lipinski definition) is 0. The molecule has 5 heteroatoms. The van der Waals surface area contributed by atoms with E-state index in [2.05, 4.69) is 56.9 Å². The van der Waals surface area contributed by atoms with E-state index in [1.807, 2.05) is 13.0 Å². The van der Waals surface area contributed by atoms with Crippen LogP contribution in [-0.4, -0.2) is 35.9 Å². The number of rotatable bonds is 3. The van der Waals surface area contributed by atoms with Gasteiger partial charge in [-0.15, -0.1) is 0 Å². The van der Waals surface area contributed by atoms with E-state index in [1.165, 1.54) is 16.3 Å². The van der Waals surface area contributed by atoms with Crippen molar-refractivity contribution in [3.63, 3.8) is 0 Å². The molecule has 0 saturated carbocycles. The van der Waals surface area contributed by atoms with Crippen molar-refractivity contribution in [2.24, 2.45) is 0 Å². The maximum absolute atomic E-state index is 14.9. The lowest BCUT2D eigenvalue weighted by atomic mass is 10.0. The molecule has 28 heavy (non-hydrogen) atoms. The van der Waals surface area contributed by atoms with Gasteiger partial charge in [-0.3, -0.25) is 0 Å². The second-order valence-electron chi connectivity index (χ2n) is 7.28. The first-order valence-electron chi connectivity index (χ1n) is 9.66. The van der Waals surface area contributed by atoms with Gasteiger partial charge in [-0.05, 0) is 35.4 Å². The summed E-state index contributed by atoms with van der Waals surface area (Å²) in [6.45, 7) is 5.51. The number of imidazole rings is 1. The summed E-state index contributed by atoms with van der Waals surface area (Å²) in [5.74, 6) is 0.555. The Bertz CT molecular complexity index is 1160. The SMILES string of the molecule is Cc1nc2c(F)cc(N3CCOCC3)cc2n1Cc1cccc2ccccc12. The van der Waals surface area contributed by atoms with Gasteiger partial charge in [0.25, 0.3) is 0 Å². The third-order valence-electron chi connectivity index (χ3n) is 5.57. The summed E-state index contributed by atoms with van der Waals surface area (Å²) in [5.41, 5.74) is 3.38. The smallest absolute Gasteiger partial charge is 0.153 e. The van der Waals surface area contributed by atoms with Crippen molar-refractivity contribution in [2.45, 2.75) is 13.5 Å². The molecule has 4 nitrogen and oxygen atoms in total. The first-order valence-corrected chi connectivity index (χ1v) is 9.66. The molecule has 5 rings (SSSR count). The summed E-state index contributed by atoms with van der Waals surface area (Å²) in [5, 5.41) is 2.43. The third-order valence-corrected chi connectivity index (χ3v) is 5.57. The van der Waals surface area contributed by atoms with Crippen LogP contribution in [-0.2, 0) is 11.3 Å². The Kier molecular flexibility index (Phi) is 4.24. The molecule has 3 aromatic carbocycles. The zero-order chi connectivity index (χ0) is 19.1. The van der Waals surface area contributed by atoms with Crippen LogP contribution in [0.25, 0.3) is 21.8 Å². The summed E-state index contributed by atoms with van der Waals surface area (Å²) in [7, 11) is 0. The molecule has 0 spiro atoms. The highest BCUT2D eigenvalue weighted by atomic mass is 19.1. The standard InChI is InChI=1S/C23H22FN3O/c1-16-25-23-21(24)13-19(26-9-11-28-12-10-26)14-22(23)27(16)15-18-7-4-6-17-5-2-3-8-20(17)18/h2-8,13-14H,9-12,15H2,1H3. The average molecular weight is 375 g/mol. The van der Waals surface area contributed by atoms with E-state index in [-0.39, 0.29) is 5.82 Å². The lowest BCUT2D eigenvalue weighted by Crippen LogP contribution is -2.36. The number of anilines is 1. The molecule has 0 aliphatic carbocycles. The van der Waals surface area contributed by atoms with Crippen LogP contribution in [0.5, 0.6) is 0 Å². The molecule has 0 radical (unpaired) electrons. The molecule has 1 saturated heterocycles. The summed E-state index contributed by atoms with van der Waals surface area (Å²) in [6, 6.07) is 18.4. The summed E-state index contributed by atoms with van der Waals surface area (Å²) >= 11 is 0. The predicted molar refractivity (Wildman–Crippen MR) is 111 cm³/mol. The van der Waals surface area contributed by atoms with Crippen LogP contribution in [0, 0.1) is 12.7 Å². The van der Waals surface area contributed by atoms with Gasteiger partial charge in [0.1, 0.15) is 11.3 Å². The second kappa shape index (κ2) is 6.91. The van der Waals surface area contributed by atoms with Crippen LogP contribution < -0.4 is 4.90 Å². The molecule has 0 atom stereocenters. The molecule has 1 aliphatic rings. The number of benzene rings is 3. The van der Waals surface area contributed by atoms with Gasteiger partial charge in [0, 0.05) is 25.3 Å². The Morgan fingerprint density at radius 2 is 1.82 bits per heavy atom. The van der Waals surface area contributed by atoms with Crippen molar-refractivity contribution < 1.29 is 9.13 Å². The zero-order valence-electron chi connectivity index (χ0n) is 15.9. The molecule has 1 fully saturated rings. The van der Waals surface area contributed by atoms with Gasteiger partial charge in [-0.1, -0.05) is 42.5 Å². The molecule has 0 bridgehead atoms. The van der Waals surface area contributed by atoms with Crippen LogP contribution in [0.1, 0.15) is 11.4 Å². The number of aromatic nitrogens is 2. The Morgan fingerprint density at radius 1 is 1.04 bits per heavy atom. The lowest BCUT2D eigenvalue weighted by molar-refractivity contribution is 0.122. The van der Waals surface area contributed by atoms with Crippen LogP contribution in [0.3, 0.4) is 0 Å². The summed E-state index contributed by atoms with van der Waals surface area (Å²) in [4.78, 5) is 6.70. The molecule has 1 aromatic heterocycles. The first kappa shape index (κ1) is 17.2. The Hall–Kier alpha value is -2.92. The van der Waals surface area contributed by atoms with Crippen molar-refractivity contribution >= 4 is 27.5 Å². The largest absolute Gasteiger partial charge is 0.378 e. The van der Waals surface area contributed by atoms with E-state index in [0.717, 1.165) is 30.1 Å². The van der Waals surface area contributed by atoms with E-state index < -0.39 is 0 Å². The van der Waals surface area contributed by atoms with E-state index in [4.69, 9.17) is 4.74 Å². The Morgan fingerprint density at radius 3 is 2.68 bits per heavy atom. The number of morpholine rings is 1. The molecule has 0 N–H and O–H groups in total. The highest BCUT2D eigenvalue weighted by molar-refractivity contribution is 5.86. The molecule has 0 unspecified atom stereocenters. The number of aryl methyl sites for hydroxylation is 1. The highest BCUT2D eigenvalue weighted by Crippen LogP contribution is 2.28. The van der Waals surface area contributed by atoms with E-state index >= 15 is 0 Å². The van der Waals surface area contributed by atoms with Gasteiger partial charge in [0.15, 0.2) is 5.82 Å². The minimum Gasteiger partial charge on any atom is -0.378 e. The van der Waals surface area contributed by atoms with E-state index in [9.17, 15) is 4.39 Å². The van der Waals surface area contributed by atoms with Crippen molar-refractivity contribution in [2.75, 3.05) is 31.2 Å². The maximum Gasteiger partial charge on any atom is 0.153 e. The third kappa shape index (κ3) is 2.92. The number of ether oxygens (including phenoxy) is 1. The molecule has 1 aliphatic heterocycles. The predicted octanol–water partition coefficient (Wildman–Crippen LogP) is 4.52. The maximum atomic E-state index is 14.9. The first-order chi connectivity index (χ1) is 13.7. The van der Waals surface area contributed by atoms with Crippen molar-refractivity contribution in [3.8, 4) is 0 Å². The zero-order valence-corrected chi connectivity index (χ0v) is 15.9. The van der Waals surface area contributed by atoms with Crippen LogP contribution >= 0.6 is 0 Å². The summed E-state index contributed by atoms with van der Waals surface area (Å²) in [6.07, 6.45) is 0. The molecule has 2 heterocycles. The normalized spacial score (nSPS) is 14.9. The van der Waals surface area contributed by atoms with Gasteiger partial charge >= 0.3 is 0 Å². The van der Waals surface area contributed by atoms with Gasteiger partial charge in [0.05, 0.1) is 18.7 Å². The minimum atomic E-state index is -0.265. The minimum absolute atomic E-state index is 0.265. The monoisotopic (exact) mass is 375 g/mol. The highest BCUT2D eigenvalue weighted by Gasteiger charge is 2.18. The van der Waals surface area contributed by atoms with E-state index in [1.54, 1.807) is 6.07 Å². The fourth-order valence-corrected chi connectivity index (χ4v) is 4.09. The van der Waals surface area contributed by atoms with Crippen LogP contribution in [0.2, 0.25) is 0 Å². The summed E-state index contributed by atoms with van der Waals surface area (Å²) < 4.78 is 22.4. The number of halogens is 1. The second-order valence-corrected chi connectivity index (χ2v) is 7.28. The van der Waals surface area contributed by atoms with Crippen molar-refractivity contribution in [3.05, 3.63) is 71.8 Å². The fraction of sp³-hybridized carbons (Fsp3) is 0.261.